The number of hydrogen-bond acceptors (Lipinski definition) is 3. The van der Waals surface area contributed by atoms with Crippen LogP contribution in [0.15, 0.2) is 4.99 Å². The largest absolute Gasteiger partial charge is 0.396 e. The SMILES string of the molecule is CCCC(CCO)CN=C(NCC)NCCNC(=O)CC1CCCC1.I. The Bertz CT molecular complexity index is 382. The number of hydrogen-bond donors (Lipinski definition) is 4. The summed E-state index contributed by atoms with van der Waals surface area (Å²) in [5, 5.41) is 18.6. The van der Waals surface area contributed by atoms with Gasteiger partial charge in [0, 0.05) is 39.2 Å². The van der Waals surface area contributed by atoms with Crippen LogP contribution in [0, 0.1) is 11.8 Å². The highest BCUT2D eigenvalue weighted by Crippen LogP contribution is 2.27. The smallest absolute Gasteiger partial charge is 0.220 e. The molecule has 1 fully saturated rings. The molecule has 0 saturated heterocycles. The molecule has 0 aromatic carbocycles. The zero-order valence-electron chi connectivity index (χ0n) is 16.6. The second-order valence-corrected chi connectivity index (χ2v) is 7.02. The minimum Gasteiger partial charge on any atom is -0.396 e. The van der Waals surface area contributed by atoms with Gasteiger partial charge in [-0.2, -0.15) is 0 Å². The maximum Gasteiger partial charge on any atom is 0.220 e. The quantitative estimate of drug-likeness (QED) is 0.149. The van der Waals surface area contributed by atoms with Gasteiger partial charge >= 0.3 is 0 Å². The maximum atomic E-state index is 11.9. The van der Waals surface area contributed by atoms with Crippen LogP contribution in [-0.4, -0.2) is 49.8 Å². The van der Waals surface area contributed by atoms with Crippen molar-refractivity contribution in [1.82, 2.24) is 16.0 Å². The van der Waals surface area contributed by atoms with Crippen molar-refractivity contribution in [2.75, 3.05) is 32.8 Å². The Morgan fingerprint density at radius 2 is 1.81 bits per heavy atom. The maximum absolute atomic E-state index is 11.9. The van der Waals surface area contributed by atoms with Gasteiger partial charge in [0.15, 0.2) is 5.96 Å². The zero-order chi connectivity index (χ0) is 18.3. The molecule has 0 radical (unpaired) electrons. The van der Waals surface area contributed by atoms with Crippen LogP contribution < -0.4 is 16.0 Å². The van der Waals surface area contributed by atoms with Crippen molar-refractivity contribution >= 4 is 35.8 Å². The summed E-state index contributed by atoms with van der Waals surface area (Å²) in [7, 11) is 0. The Morgan fingerprint density at radius 1 is 1.12 bits per heavy atom. The molecule has 0 aliphatic heterocycles. The summed E-state index contributed by atoms with van der Waals surface area (Å²) < 4.78 is 0. The summed E-state index contributed by atoms with van der Waals surface area (Å²) in [5.74, 6) is 1.97. The van der Waals surface area contributed by atoms with Crippen LogP contribution >= 0.6 is 24.0 Å². The lowest BCUT2D eigenvalue weighted by molar-refractivity contribution is -0.121. The molecule has 0 aromatic heterocycles. The molecule has 0 spiro atoms. The van der Waals surface area contributed by atoms with Gasteiger partial charge in [0.05, 0.1) is 0 Å². The van der Waals surface area contributed by atoms with E-state index in [-0.39, 0.29) is 36.5 Å². The number of halogens is 1. The van der Waals surface area contributed by atoms with Gasteiger partial charge in [-0.05, 0) is 44.4 Å². The van der Waals surface area contributed by atoms with Gasteiger partial charge in [-0.25, -0.2) is 0 Å². The molecule has 4 N–H and O–H groups in total. The van der Waals surface area contributed by atoms with Gasteiger partial charge in [0.1, 0.15) is 0 Å². The molecule has 1 atom stereocenters. The monoisotopic (exact) mass is 482 g/mol. The third kappa shape index (κ3) is 11.9. The van der Waals surface area contributed by atoms with Gasteiger partial charge in [-0.1, -0.05) is 26.2 Å². The number of aliphatic hydroxyl groups is 1. The molecule has 1 aliphatic carbocycles. The lowest BCUT2D eigenvalue weighted by Gasteiger charge is -2.15. The van der Waals surface area contributed by atoms with Gasteiger partial charge < -0.3 is 21.1 Å². The number of carbonyl (C=O) groups is 1. The van der Waals surface area contributed by atoms with Crippen LogP contribution in [0.3, 0.4) is 0 Å². The molecule has 1 aliphatic rings. The molecule has 1 saturated carbocycles. The van der Waals surface area contributed by atoms with Crippen LogP contribution in [0.2, 0.25) is 0 Å². The number of amides is 1. The minimum atomic E-state index is 0. The van der Waals surface area contributed by atoms with E-state index in [0.29, 0.717) is 31.3 Å². The average molecular weight is 482 g/mol. The molecule has 7 heteroatoms. The standard InChI is InChI=1S/C19H38N4O2.HI/c1-3-7-17(10-13-24)15-23-19(20-4-2)22-12-11-21-18(25)14-16-8-5-6-9-16;/h16-17,24H,3-15H2,1-2H3,(H,21,25)(H2,20,22,23);1H. The van der Waals surface area contributed by atoms with E-state index in [1.165, 1.54) is 25.7 Å². The predicted octanol–water partition coefficient (Wildman–Crippen LogP) is 2.65. The van der Waals surface area contributed by atoms with E-state index >= 15 is 0 Å². The van der Waals surface area contributed by atoms with Gasteiger partial charge in [0.25, 0.3) is 0 Å². The van der Waals surface area contributed by atoms with Crippen molar-refractivity contribution in [3.63, 3.8) is 0 Å². The molecular formula is C19H39IN4O2. The van der Waals surface area contributed by atoms with Crippen molar-refractivity contribution in [3.8, 4) is 0 Å². The van der Waals surface area contributed by atoms with Crippen molar-refractivity contribution in [1.29, 1.82) is 0 Å². The van der Waals surface area contributed by atoms with Gasteiger partial charge in [0.2, 0.25) is 5.91 Å². The van der Waals surface area contributed by atoms with Gasteiger partial charge in [-0.15, -0.1) is 24.0 Å². The van der Waals surface area contributed by atoms with Crippen molar-refractivity contribution < 1.29 is 9.90 Å². The molecule has 0 aromatic rings. The van der Waals surface area contributed by atoms with E-state index in [4.69, 9.17) is 5.11 Å². The summed E-state index contributed by atoms with van der Waals surface area (Å²) in [6.45, 7) is 7.22. The lowest BCUT2D eigenvalue weighted by Crippen LogP contribution is -2.42. The number of nitrogens with one attached hydrogen (secondary N) is 3. The lowest BCUT2D eigenvalue weighted by atomic mass is 10.0. The zero-order valence-corrected chi connectivity index (χ0v) is 18.9. The van der Waals surface area contributed by atoms with Crippen molar-refractivity contribution in [2.24, 2.45) is 16.8 Å². The highest BCUT2D eigenvalue weighted by molar-refractivity contribution is 14.0. The van der Waals surface area contributed by atoms with Crippen molar-refractivity contribution in [2.45, 2.75) is 65.2 Å². The fraction of sp³-hybridized carbons (Fsp3) is 0.895. The predicted molar refractivity (Wildman–Crippen MR) is 119 cm³/mol. The van der Waals surface area contributed by atoms with Crippen LogP contribution in [0.4, 0.5) is 0 Å². The van der Waals surface area contributed by atoms with E-state index < -0.39 is 0 Å². The van der Waals surface area contributed by atoms with Crippen LogP contribution in [-0.2, 0) is 4.79 Å². The summed E-state index contributed by atoms with van der Waals surface area (Å²) in [5.41, 5.74) is 0. The Morgan fingerprint density at radius 3 is 2.42 bits per heavy atom. The van der Waals surface area contributed by atoms with E-state index in [2.05, 4.69) is 27.9 Å². The fourth-order valence-electron chi connectivity index (χ4n) is 3.41. The second-order valence-electron chi connectivity index (χ2n) is 7.02. The molecule has 1 amide bonds. The first-order valence-corrected chi connectivity index (χ1v) is 10.1. The number of nitrogens with zero attached hydrogens (tertiary/aromatic N) is 1. The first-order chi connectivity index (χ1) is 12.2. The number of guanidine groups is 1. The Balaban J connectivity index is 0.00000625. The molecule has 154 valence electrons. The molecule has 26 heavy (non-hydrogen) atoms. The van der Waals surface area contributed by atoms with E-state index in [0.717, 1.165) is 38.3 Å². The third-order valence-electron chi connectivity index (χ3n) is 4.77. The fourth-order valence-corrected chi connectivity index (χ4v) is 3.41. The summed E-state index contributed by atoms with van der Waals surface area (Å²) in [6, 6.07) is 0. The minimum absolute atomic E-state index is 0. The summed E-state index contributed by atoms with van der Waals surface area (Å²) in [4.78, 5) is 16.5. The second kappa shape index (κ2) is 16.6. The molecule has 1 rings (SSSR count). The number of rotatable bonds is 12. The normalized spacial score (nSPS) is 16.0. The van der Waals surface area contributed by atoms with Crippen LogP contribution in [0.5, 0.6) is 0 Å². The first-order valence-electron chi connectivity index (χ1n) is 10.1. The first kappa shape index (κ1) is 25.4. The average Bonchev–Trinajstić information content (AvgIpc) is 3.09. The summed E-state index contributed by atoms with van der Waals surface area (Å²) in [6.07, 6.45) is 8.62. The molecule has 0 bridgehead atoms. The molecule has 1 unspecified atom stereocenters. The molecule has 0 heterocycles. The summed E-state index contributed by atoms with van der Waals surface area (Å²) >= 11 is 0. The van der Waals surface area contributed by atoms with Crippen LogP contribution in [0.1, 0.15) is 65.2 Å². The Kier molecular flexibility index (Phi) is 16.2. The number of carbonyl (C=O) groups excluding carboxylic acids is 1. The van der Waals surface area contributed by atoms with E-state index in [1.54, 1.807) is 0 Å². The highest BCUT2D eigenvalue weighted by Gasteiger charge is 2.17. The third-order valence-corrected chi connectivity index (χ3v) is 4.77. The topological polar surface area (TPSA) is 85.8 Å². The number of aliphatic hydroxyl groups excluding tert-OH is 1. The van der Waals surface area contributed by atoms with Crippen molar-refractivity contribution in [3.05, 3.63) is 0 Å². The molecular weight excluding hydrogens is 443 g/mol. The number of aliphatic imine (C=N–C) groups is 1. The van der Waals surface area contributed by atoms with Gasteiger partial charge in [-0.3, -0.25) is 9.79 Å². The molecule has 6 nitrogen and oxygen atoms in total. The highest BCUT2D eigenvalue weighted by atomic mass is 127. The Labute approximate surface area is 176 Å². The van der Waals surface area contributed by atoms with E-state index in [1.807, 2.05) is 6.92 Å². The Hall–Kier alpha value is -0.570. The van der Waals surface area contributed by atoms with Crippen LogP contribution in [0.25, 0.3) is 0 Å². The van der Waals surface area contributed by atoms with E-state index in [9.17, 15) is 4.79 Å².